The molecule has 1 amide bonds. The highest BCUT2D eigenvalue weighted by molar-refractivity contribution is 5.78. The Morgan fingerprint density at radius 1 is 1.40 bits per heavy atom. The maximum absolute atomic E-state index is 11.2. The number of rotatable bonds is 4. The van der Waals surface area contributed by atoms with E-state index in [2.05, 4.69) is 0 Å². The molecule has 0 saturated heterocycles. The summed E-state index contributed by atoms with van der Waals surface area (Å²) in [5.74, 6) is -1.27. The van der Waals surface area contributed by atoms with Crippen molar-refractivity contribution in [2.24, 2.45) is 5.41 Å². The zero-order valence-electron chi connectivity index (χ0n) is 9.35. The summed E-state index contributed by atoms with van der Waals surface area (Å²) in [6.07, 6.45) is -2.11. The highest BCUT2D eigenvalue weighted by Crippen LogP contribution is 2.23. The standard InChI is InChI=1S/C9H17NO5/c1-9(2,5-11)6(7(12)13)15-8(14)10(3)4/h6,11H,5H2,1-4H3,(H,12,13). The van der Waals surface area contributed by atoms with Crippen LogP contribution in [-0.4, -0.2) is 54.0 Å². The second-order valence-electron chi connectivity index (χ2n) is 4.14. The van der Waals surface area contributed by atoms with Gasteiger partial charge in [-0.1, -0.05) is 13.8 Å². The van der Waals surface area contributed by atoms with Crippen molar-refractivity contribution in [2.45, 2.75) is 20.0 Å². The fourth-order valence-corrected chi connectivity index (χ4v) is 0.833. The van der Waals surface area contributed by atoms with Crippen LogP contribution in [0.3, 0.4) is 0 Å². The Morgan fingerprint density at radius 2 is 1.87 bits per heavy atom. The van der Waals surface area contributed by atoms with Crippen LogP contribution >= 0.6 is 0 Å². The first-order valence-corrected chi connectivity index (χ1v) is 4.44. The molecule has 0 spiro atoms. The molecule has 1 unspecified atom stereocenters. The molecule has 88 valence electrons. The van der Waals surface area contributed by atoms with Gasteiger partial charge in [-0.2, -0.15) is 0 Å². The minimum absolute atomic E-state index is 0.384. The summed E-state index contributed by atoms with van der Waals surface area (Å²) in [5, 5.41) is 17.9. The lowest BCUT2D eigenvalue weighted by molar-refractivity contribution is -0.155. The van der Waals surface area contributed by atoms with E-state index in [9.17, 15) is 9.59 Å². The van der Waals surface area contributed by atoms with Crippen molar-refractivity contribution < 1.29 is 24.5 Å². The number of aliphatic hydroxyl groups is 1. The van der Waals surface area contributed by atoms with Crippen LogP contribution < -0.4 is 0 Å². The number of aliphatic carboxylic acids is 1. The summed E-state index contributed by atoms with van der Waals surface area (Å²) in [4.78, 5) is 23.2. The molecule has 0 aromatic heterocycles. The van der Waals surface area contributed by atoms with Gasteiger partial charge in [-0.15, -0.1) is 0 Å². The van der Waals surface area contributed by atoms with Crippen LogP contribution in [0, 0.1) is 5.41 Å². The van der Waals surface area contributed by atoms with Gasteiger partial charge >= 0.3 is 12.1 Å². The number of carbonyl (C=O) groups excluding carboxylic acids is 1. The topological polar surface area (TPSA) is 87.1 Å². The van der Waals surface area contributed by atoms with E-state index < -0.39 is 23.6 Å². The van der Waals surface area contributed by atoms with Gasteiger partial charge < -0.3 is 19.8 Å². The number of nitrogens with zero attached hydrogens (tertiary/aromatic N) is 1. The van der Waals surface area contributed by atoms with E-state index in [1.165, 1.54) is 27.9 Å². The third-order valence-corrected chi connectivity index (χ3v) is 1.93. The number of amides is 1. The van der Waals surface area contributed by atoms with E-state index in [0.717, 1.165) is 4.90 Å². The molecular formula is C9H17NO5. The number of carbonyl (C=O) groups is 2. The van der Waals surface area contributed by atoms with Crippen LogP contribution in [0.1, 0.15) is 13.8 Å². The summed E-state index contributed by atoms with van der Waals surface area (Å²) >= 11 is 0. The molecule has 0 radical (unpaired) electrons. The lowest BCUT2D eigenvalue weighted by Crippen LogP contribution is -2.44. The van der Waals surface area contributed by atoms with Gasteiger partial charge in [0, 0.05) is 19.5 Å². The van der Waals surface area contributed by atoms with E-state index in [1.54, 1.807) is 0 Å². The zero-order chi connectivity index (χ0) is 12.2. The fourth-order valence-electron chi connectivity index (χ4n) is 0.833. The smallest absolute Gasteiger partial charge is 0.410 e. The summed E-state index contributed by atoms with van der Waals surface area (Å²) in [6.45, 7) is 2.63. The molecule has 0 aliphatic rings. The quantitative estimate of drug-likeness (QED) is 0.703. The predicted octanol–water partition coefficient (Wildman–Crippen LogP) is 0.156. The van der Waals surface area contributed by atoms with Gasteiger partial charge in [0.25, 0.3) is 0 Å². The lowest BCUT2D eigenvalue weighted by Gasteiger charge is -2.29. The van der Waals surface area contributed by atoms with Crippen LogP contribution in [0.4, 0.5) is 4.79 Å². The van der Waals surface area contributed by atoms with Gasteiger partial charge in [0.2, 0.25) is 6.10 Å². The average Bonchev–Trinajstić information content (AvgIpc) is 2.12. The molecule has 0 aliphatic heterocycles. The minimum atomic E-state index is -1.36. The van der Waals surface area contributed by atoms with Crippen molar-refractivity contribution in [3.8, 4) is 0 Å². The van der Waals surface area contributed by atoms with Gasteiger partial charge in [0.1, 0.15) is 0 Å². The number of aliphatic hydroxyl groups excluding tert-OH is 1. The third kappa shape index (κ3) is 3.75. The molecular weight excluding hydrogens is 202 g/mol. The highest BCUT2D eigenvalue weighted by Gasteiger charge is 2.38. The molecule has 6 heteroatoms. The van der Waals surface area contributed by atoms with Crippen molar-refractivity contribution in [3.63, 3.8) is 0 Å². The van der Waals surface area contributed by atoms with Crippen molar-refractivity contribution >= 4 is 12.1 Å². The maximum atomic E-state index is 11.2. The Labute approximate surface area is 88.4 Å². The Kier molecular flexibility index (Phi) is 4.54. The normalized spacial score (nSPS) is 13.1. The highest BCUT2D eigenvalue weighted by atomic mass is 16.6. The summed E-state index contributed by atoms with van der Waals surface area (Å²) in [7, 11) is 2.90. The van der Waals surface area contributed by atoms with E-state index in [-0.39, 0.29) is 6.61 Å². The molecule has 2 N–H and O–H groups in total. The van der Waals surface area contributed by atoms with Crippen LogP contribution in [-0.2, 0) is 9.53 Å². The number of ether oxygens (including phenoxy) is 1. The summed E-state index contributed by atoms with van der Waals surface area (Å²) in [5.41, 5.74) is -1.02. The van der Waals surface area contributed by atoms with Crippen molar-refractivity contribution in [1.82, 2.24) is 4.90 Å². The molecule has 0 bridgehead atoms. The number of carboxylic acid groups (broad SMARTS) is 1. The molecule has 0 heterocycles. The second kappa shape index (κ2) is 4.97. The second-order valence-corrected chi connectivity index (χ2v) is 4.14. The SMILES string of the molecule is CN(C)C(=O)OC(C(=O)O)C(C)(C)CO. The van der Waals surface area contributed by atoms with Crippen molar-refractivity contribution in [1.29, 1.82) is 0 Å². The number of hydrogen-bond donors (Lipinski definition) is 2. The van der Waals surface area contributed by atoms with Crippen molar-refractivity contribution in [2.75, 3.05) is 20.7 Å². The minimum Gasteiger partial charge on any atom is -0.478 e. The molecule has 6 nitrogen and oxygen atoms in total. The summed E-state index contributed by atoms with van der Waals surface area (Å²) < 4.78 is 4.76. The zero-order valence-corrected chi connectivity index (χ0v) is 9.35. The van der Waals surface area contributed by atoms with Gasteiger partial charge in [-0.3, -0.25) is 0 Å². The first kappa shape index (κ1) is 13.7. The number of carboxylic acids is 1. The van der Waals surface area contributed by atoms with Crippen LogP contribution in [0.5, 0.6) is 0 Å². The largest absolute Gasteiger partial charge is 0.478 e. The molecule has 0 rings (SSSR count). The average molecular weight is 219 g/mol. The molecule has 0 fully saturated rings. The van der Waals surface area contributed by atoms with Crippen molar-refractivity contribution in [3.05, 3.63) is 0 Å². The molecule has 1 atom stereocenters. The Balaban J connectivity index is 4.71. The van der Waals surface area contributed by atoms with E-state index >= 15 is 0 Å². The first-order valence-electron chi connectivity index (χ1n) is 4.44. The molecule has 0 aliphatic carbocycles. The monoisotopic (exact) mass is 219 g/mol. The van der Waals surface area contributed by atoms with Gasteiger partial charge in [-0.05, 0) is 0 Å². The Morgan fingerprint density at radius 3 is 2.13 bits per heavy atom. The first-order chi connectivity index (χ1) is 6.72. The van der Waals surface area contributed by atoms with E-state index in [0.29, 0.717) is 0 Å². The Bertz CT molecular complexity index is 249. The molecule has 0 aromatic carbocycles. The predicted molar refractivity (Wildman–Crippen MR) is 52.5 cm³/mol. The Hall–Kier alpha value is -1.30. The summed E-state index contributed by atoms with van der Waals surface area (Å²) in [6, 6.07) is 0. The lowest BCUT2D eigenvalue weighted by atomic mass is 9.87. The van der Waals surface area contributed by atoms with Gasteiger partial charge in [0.15, 0.2) is 0 Å². The maximum Gasteiger partial charge on any atom is 0.410 e. The van der Waals surface area contributed by atoms with Gasteiger partial charge in [-0.25, -0.2) is 9.59 Å². The van der Waals surface area contributed by atoms with E-state index in [1.807, 2.05) is 0 Å². The molecule has 0 aromatic rings. The number of hydrogen-bond acceptors (Lipinski definition) is 4. The molecule has 15 heavy (non-hydrogen) atoms. The van der Waals surface area contributed by atoms with E-state index in [4.69, 9.17) is 14.9 Å². The molecule has 0 saturated carbocycles. The van der Waals surface area contributed by atoms with Gasteiger partial charge in [0.05, 0.1) is 6.61 Å². The fraction of sp³-hybridized carbons (Fsp3) is 0.778. The van der Waals surface area contributed by atoms with Crippen LogP contribution in [0.25, 0.3) is 0 Å². The van der Waals surface area contributed by atoms with Crippen LogP contribution in [0.15, 0.2) is 0 Å². The van der Waals surface area contributed by atoms with Crippen LogP contribution in [0.2, 0.25) is 0 Å². The third-order valence-electron chi connectivity index (χ3n) is 1.93.